The van der Waals surface area contributed by atoms with Crippen LogP contribution in [-0.4, -0.2) is 43.6 Å². The second-order valence-electron chi connectivity index (χ2n) is 7.63. The highest BCUT2D eigenvalue weighted by molar-refractivity contribution is 5.99. The number of hydrogen-bond acceptors (Lipinski definition) is 3. The van der Waals surface area contributed by atoms with Crippen molar-refractivity contribution in [2.24, 2.45) is 7.05 Å². The number of imidazole rings is 1. The molecule has 5 rings (SSSR count). The van der Waals surface area contributed by atoms with E-state index in [9.17, 15) is 4.79 Å². The first kappa shape index (κ1) is 17.7. The van der Waals surface area contributed by atoms with Gasteiger partial charge in [-0.1, -0.05) is 42.5 Å². The Kier molecular flexibility index (Phi) is 4.39. The van der Waals surface area contributed by atoms with Gasteiger partial charge in [0.05, 0.1) is 28.5 Å². The predicted molar refractivity (Wildman–Crippen MR) is 113 cm³/mol. The number of hydrogen-bond donors (Lipinski definition) is 1. The molecule has 0 spiro atoms. The third-order valence-corrected chi connectivity index (χ3v) is 5.83. The molecule has 1 atom stereocenters. The van der Waals surface area contributed by atoms with E-state index in [0.717, 1.165) is 47.5 Å². The number of nitrogens with one attached hydrogen (secondary N) is 1. The van der Waals surface area contributed by atoms with E-state index in [-0.39, 0.29) is 11.8 Å². The molecule has 0 aliphatic carbocycles. The molecular weight excluding hydrogens is 362 g/mol. The molecule has 1 fully saturated rings. The number of piperidine rings is 1. The van der Waals surface area contributed by atoms with E-state index in [1.54, 1.807) is 6.20 Å². The van der Waals surface area contributed by atoms with E-state index in [1.165, 1.54) is 0 Å². The number of amides is 1. The average Bonchev–Trinajstić information content (AvgIpc) is 3.39. The molecule has 146 valence electrons. The molecule has 1 aliphatic heterocycles. The monoisotopic (exact) mass is 385 g/mol. The largest absolute Gasteiger partial charge is 0.338 e. The number of carbonyl (C=O) groups is 1. The number of carbonyl (C=O) groups excluding carboxylic acids is 1. The van der Waals surface area contributed by atoms with Gasteiger partial charge in [-0.05, 0) is 25.0 Å². The molecule has 0 unspecified atom stereocenters. The number of benzene rings is 2. The minimum absolute atomic E-state index is 0.0288. The van der Waals surface area contributed by atoms with Crippen molar-refractivity contribution in [1.82, 2.24) is 24.6 Å². The summed E-state index contributed by atoms with van der Waals surface area (Å²) in [6, 6.07) is 18.1. The van der Waals surface area contributed by atoms with Crippen LogP contribution in [0.15, 0.2) is 60.8 Å². The van der Waals surface area contributed by atoms with Crippen molar-refractivity contribution < 1.29 is 4.79 Å². The van der Waals surface area contributed by atoms with E-state index in [2.05, 4.69) is 27.9 Å². The fourth-order valence-electron chi connectivity index (χ4n) is 4.35. The maximum Gasteiger partial charge on any atom is 0.257 e. The van der Waals surface area contributed by atoms with Crippen LogP contribution in [0.5, 0.6) is 0 Å². The van der Waals surface area contributed by atoms with Crippen molar-refractivity contribution >= 4 is 16.9 Å². The minimum Gasteiger partial charge on any atom is -0.338 e. The van der Waals surface area contributed by atoms with Crippen molar-refractivity contribution in [3.05, 3.63) is 72.2 Å². The van der Waals surface area contributed by atoms with Crippen molar-refractivity contribution in [2.75, 3.05) is 13.1 Å². The van der Waals surface area contributed by atoms with Crippen LogP contribution >= 0.6 is 0 Å². The second kappa shape index (κ2) is 7.20. The van der Waals surface area contributed by atoms with Gasteiger partial charge >= 0.3 is 0 Å². The SMILES string of the molecule is Cn1c([C@@H]2CCCN(C(=O)c3cn[nH]c3-c3ccccc3)C2)nc2ccccc21. The second-order valence-corrected chi connectivity index (χ2v) is 7.63. The van der Waals surface area contributed by atoms with Crippen LogP contribution in [-0.2, 0) is 7.05 Å². The zero-order chi connectivity index (χ0) is 19.8. The van der Waals surface area contributed by atoms with E-state index >= 15 is 0 Å². The molecule has 4 aromatic rings. The van der Waals surface area contributed by atoms with Gasteiger partial charge in [0.15, 0.2) is 0 Å². The van der Waals surface area contributed by atoms with E-state index < -0.39 is 0 Å². The van der Waals surface area contributed by atoms with Crippen molar-refractivity contribution in [2.45, 2.75) is 18.8 Å². The molecule has 6 nitrogen and oxygen atoms in total. The minimum atomic E-state index is 0.0288. The summed E-state index contributed by atoms with van der Waals surface area (Å²) in [5.41, 5.74) is 4.52. The Hall–Kier alpha value is -3.41. The summed E-state index contributed by atoms with van der Waals surface area (Å²) in [6.07, 6.45) is 3.65. The summed E-state index contributed by atoms with van der Waals surface area (Å²) >= 11 is 0. The van der Waals surface area contributed by atoms with Crippen LogP contribution in [0, 0.1) is 0 Å². The molecule has 0 saturated carbocycles. The zero-order valence-electron chi connectivity index (χ0n) is 16.4. The lowest BCUT2D eigenvalue weighted by atomic mass is 9.96. The number of likely N-dealkylation sites (tertiary alicyclic amines) is 1. The van der Waals surface area contributed by atoms with Gasteiger partial charge in [-0.15, -0.1) is 0 Å². The third kappa shape index (κ3) is 3.10. The molecule has 1 aliphatic rings. The predicted octanol–water partition coefficient (Wildman–Crippen LogP) is 3.98. The Morgan fingerprint density at radius 2 is 1.90 bits per heavy atom. The Morgan fingerprint density at radius 1 is 1.10 bits per heavy atom. The topological polar surface area (TPSA) is 66.8 Å². The van der Waals surface area contributed by atoms with Gasteiger partial charge in [-0.25, -0.2) is 4.98 Å². The number of aryl methyl sites for hydroxylation is 1. The number of nitrogens with zero attached hydrogens (tertiary/aromatic N) is 4. The lowest BCUT2D eigenvalue weighted by Gasteiger charge is -2.32. The fraction of sp³-hybridized carbons (Fsp3) is 0.261. The van der Waals surface area contributed by atoms with Gasteiger partial charge in [-0.3, -0.25) is 9.89 Å². The van der Waals surface area contributed by atoms with Crippen LogP contribution in [0.3, 0.4) is 0 Å². The van der Waals surface area contributed by atoms with Crippen LogP contribution in [0.25, 0.3) is 22.3 Å². The maximum absolute atomic E-state index is 13.3. The number of H-pyrrole nitrogens is 1. The molecule has 1 amide bonds. The molecule has 0 radical (unpaired) electrons. The molecule has 2 aromatic heterocycles. The molecule has 3 heterocycles. The van der Waals surface area contributed by atoms with Crippen LogP contribution < -0.4 is 0 Å². The van der Waals surface area contributed by atoms with E-state index in [0.29, 0.717) is 12.1 Å². The molecule has 1 saturated heterocycles. The molecule has 29 heavy (non-hydrogen) atoms. The molecule has 6 heteroatoms. The van der Waals surface area contributed by atoms with E-state index in [4.69, 9.17) is 4.98 Å². The van der Waals surface area contributed by atoms with Gasteiger partial charge in [0.1, 0.15) is 5.82 Å². The standard InChI is InChI=1S/C23H23N5O/c1-27-20-12-6-5-11-19(20)25-22(27)17-10-7-13-28(15-17)23(29)18-14-24-26-21(18)16-8-3-2-4-9-16/h2-6,8-9,11-12,14,17H,7,10,13,15H2,1H3,(H,24,26)/t17-/m1/s1. The van der Waals surface area contributed by atoms with Crippen molar-refractivity contribution in [3.8, 4) is 11.3 Å². The summed E-state index contributed by atoms with van der Waals surface area (Å²) < 4.78 is 2.17. The first-order valence-corrected chi connectivity index (χ1v) is 10.0. The highest BCUT2D eigenvalue weighted by atomic mass is 16.2. The lowest BCUT2D eigenvalue weighted by Crippen LogP contribution is -2.39. The van der Waals surface area contributed by atoms with E-state index in [1.807, 2.05) is 53.4 Å². The summed E-state index contributed by atoms with van der Waals surface area (Å²) in [5.74, 6) is 1.32. The highest BCUT2D eigenvalue weighted by Crippen LogP contribution is 2.30. The number of aromatic nitrogens is 4. The zero-order valence-corrected chi connectivity index (χ0v) is 16.4. The summed E-state index contributed by atoms with van der Waals surface area (Å²) in [5, 5.41) is 7.14. The summed E-state index contributed by atoms with van der Waals surface area (Å²) in [4.78, 5) is 20.1. The van der Waals surface area contributed by atoms with Gasteiger partial charge in [-0.2, -0.15) is 5.10 Å². The molecule has 2 aromatic carbocycles. The van der Waals surface area contributed by atoms with Gasteiger partial charge < -0.3 is 9.47 Å². The Morgan fingerprint density at radius 3 is 2.72 bits per heavy atom. The number of rotatable bonds is 3. The molecular formula is C23H23N5O. The number of fused-ring (bicyclic) bond motifs is 1. The first-order chi connectivity index (χ1) is 14.2. The lowest BCUT2D eigenvalue weighted by molar-refractivity contribution is 0.0704. The summed E-state index contributed by atoms with van der Waals surface area (Å²) in [6.45, 7) is 1.44. The highest BCUT2D eigenvalue weighted by Gasteiger charge is 2.30. The van der Waals surface area contributed by atoms with Crippen LogP contribution in [0.2, 0.25) is 0 Å². The Labute approximate surface area is 169 Å². The quantitative estimate of drug-likeness (QED) is 0.580. The fourth-order valence-corrected chi connectivity index (χ4v) is 4.35. The maximum atomic E-state index is 13.3. The van der Waals surface area contributed by atoms with Gasteiger partial charge in [0.25, 0.3) is 5.91 Å². The summed E-state index contributed by atoms with van der Waals surface area (Å²) in [7, 11) is 2.06. The molecule has 1 N–H and O–H groups in total. The number of para-hydroxylation sites is 2. The Bertz CT molecular complexity index is 1160. The van der Waals surface area contributed by atoms with Crippen LogP contribution in [0.1, 0.15) is 34.9 Å². The van der Waals surface area contributed by atoms with Crippen LogP contribution in [0.4, 0.5) is 0 Å². The van der Waals surface area contributed by atoms with Crippen molar-refractivity contribution in [1.29, 1.82) is 0 Å². The van der Waals surface area contributed by atoms with Gasteiger partial charge in [0.2, 0.25) is 0 Å². The third-order valence-electron chi connectivity index (χ3n) is 5.83. The average molecular weight is 385 g/mol. The molecule has 0 bridgehead atoms. The smallest absolute Gasteiger partial charge is 0.257 e. The normalized spacial score (nSPS) is 17.0. The first-order valence-electron chi connectivity index (χ1n) is 10.0. The van der Waals surface area contributed by atoms with Crippen molar-refractivity contribution in [3.63, 3.8) is 0 Å². The Balaban J connectivity index is 1.42. The number of aromatic amines is 1. The van der Waals surface area contributed by atoms with Gasteiger partial charge in [0, 0.05) is 31.6 Å².